The van der Waals surface area contributed by atoms with Crippen LogP contribution in [-0.4, -0.2) is 18.1 Å². The van der Waals surface area contributed by atoms with Gasteiger partial charge in [0.05, 0.1) is 0 Å². The van der Waals surface area contributed by atoms with Gasteiger partial charge in [-0.05, 0) is 32.6 Å². The molecule has 2 amide bonds. The predicted molar refractivity (Wildman–Crippen MR) is 49.0 cm³/mol. The summed E-state index contributed by atoms with van der Waals surface area (Å²) in [4.78, 5) is 11.1. The molecule has 1 aliphatic rings. The summed E-state index contributed by atoms with van der Waals surface area (Å²) >= 11 is 0. The number of rotatable bonds is 2. The van der Waals surface area contributed by atoms with Gasteiger partial charge in [-0.1, -0.05) is 6.92 Å². The number of amides is 2. The molecular weight excluding hydrogens is 152 g/mol. The summed E-state index contributed by atoms with van der Waals surface area (Å²) in [5, 5.41) is 5.73. The molecule has 0 atom stereocenters. The first-order valence-electron chi connectivity index (χ1n) is 4.65. The van der Waals surface area contributed by atoms with Crippen LogP contribution in [0.25, 0.3) is 0 Å². The molecule has 3 nitrogen and oxygen atoms in total. The summed E-state index contributed by atoms with van der Waals surface area (Å²) < 4.78 is 0. The molecule has 0 unspecified atom stereocenters. The standard InChI is InChI=1S/C9H18N2O/c1-6(2)10-9(12)11-8-4-7(3)5-8/h6-8H,4-5H2,1-3H3,(H2,10,11,12)/t7-,8+. The van der Waals surface area contributed by atoms with E-state index in [1.807, 2.05) is 13.8 Å². The molecule has 0 aromatic rings. The average Bonchev–Trinajstić information content (AvgIpc) is 1.82. The molecule has 0 radical (unpaired) electrons. The molecule has 1 rings (SSSR count). The fraction of sp³-hybridized carbons (Fsp3) is 0.889. The van der Waals surface area contributed by atoms with Gasteiger partial charge in [0.25, 0.3) is 0 Å². The number of hydrogen-bond acceptors (Lipinski definition) is 1. The molecule has 0 heterocycles. The van der Waals surface area contributed by atoms with Crippen LogP contribution in [0.2, 0.25) is 0 Å². The van der Waals surface area contributed by atoms with E-state index in [1.165, 1.54) is 0 Å². The maximum atomic E-state index is 11.1. The summed E-state index contributed by atoms with van der Waals surface area (Å²) in [6.07, 6.45) is 2.26. The lowest BCUT2D eigenvalue weighted by Crippen LogP contribution is -2.49. The fourth-order valence-corrected chi connectivity index (χ4v) is 1.51. The number of nitrogens with one attached hydrogen (secondary N) is 2. The molecule has 12 heavy (non-hydrogen) atoms. The van der Waals surface area contributed by atoms with Gasteiger partial charge >= 0.3 is 6.03 Å². The van der Waals surface area contributed by atoms with E-state index in [1.54, 1.807) is 0 Å². The second-order valence-corrected chi connectivity index (χ2v) is 4.05. The van der Waals surface area contributed by atoms with Crippen LogP contribution < -0.4 is 10.6 Å². The van der Waals surface area contributed by atoms with Crippen molar-refractivity contribution in [1.29, 1.82) is 0 Å². The molecule has 0 aromatic carbocycles. The van der Waals surface area contributed by atoms with Crippen molar-refractivity contribution in [2.45, 2.75) is 45.7 Å². The molecule has 0 spiro atoms. The lowest BCUT2D eigenvalue weighted by atomic mass is 9.82. The van der Waals surface area contributed by atoms with Crippen LogP contribution in [0.5, 0.6) is 0 Å². The molecule has 70 valence electrons. The van der Waals surface area contributed by atoms with Gasteiger partial charge in [-0.15, -0.1) is 0 Å². The van der Waals surface area contributed by atoms with Crippen molar-refractivity contribution in [3.8, 4) is 0 Å². The average molecular weight is 170 g/mol. The number of urea groups is 1. The smallest absolute Gasteiger partial charge is 0.315 e. The lowest BCUT2D eigenvalue weighted by molar-refractivity contribution is 0.208. The Morgan fingerprint density at radius 1 is 1.42 bits per heavy atom. The van der Waals surface area contributed by atoms with Gasteiger partial charge in [0, 0.05) is 12.1 Å². The Labute approximate surface area is 73.9 Å². The van der Waals surface area contributed by atoms with Crippen LogP contribution in [0.3, 0.4) is 0 Å². The minimum Gasteiger partial charge on any atom is -0.336 e. The van der Waals surface area contributed by atoms with E-state index in [0.717, 1.165) is 18.8 Å². The minimum atomic E-state index is -0.0260. The largest absolute Gasteiger partial charge is 0.336 e. The van der Waals surface area contributed by atoms with Gasteiger partial charge in [0.2, 0.25) is 0 Å². The van der Waals surface area contributed by atoms with E-state index >= 15 is 0 Å². The number of carbonyl (C=O) groups excluding carboxylic acids is 1. The quantitative estimate of drug-likeness (QED) is 0.647. The second kappa shape index (κ2) is 3.78. The Hall–Kier alpha value is -0.730. The van der Waals surface area contributed by atoms with Gasteiger partial charge in [-0.25, -0.2) is 4.79 Å². The van der Waals surface area contributed by atoms with E-state index in [4.69, 9.17) is 0 Å². The first-order chi connectivity index (χ1) is 5.58. The van der Waals surface area contributed by atoms with Crippen LogP contribution in [0.15, 0.2) is 0 Å². The fourth-order valence-electron chi connectivity index (χ4n) is 1.51. The lowest BCUT2D eigenvalue weighted by Gasteiger charge is -2.33. The van der Waals surface area contributed by atoms with Crippen molar-refractivity contribution in [3.05, 3.63) is 0 Å². The summed E-state index contributed by atoms with van der Waals surface area (Å²) in [5.41, 5.74) is 0. The summed E-state index contributed by atoms with van der Waals surface area (Å²) in [6.45, 7) is 6.13. The van der Waals surface area contributed by atoms with Gasteiger partial charge < -0.3 is 10.6 Å². The third-order valence-electron chi connectivity index (χ3n) is 2.13. The van der Waals surface area contributed by atoms with Crippen molar-refractivity contribution in [2.24, 2.45) is 5.92 Å². The summed E-state index contributed by atoms with van der Waals surface area (Å²) in [5.74, 6) is 0.786. The molecule has 0 aromatic heterocycles. The molecule has 0 aliphatic heterocycles. The predicted octanol–water partition coefficient (Wildman–Crippen LogP) is 1.49. The van der Waals surface area contributed by atoms with Crippen molar-refractivity contribution in [3.63, 3.8) is 0 Å². The monoisotopic (exact) mass is 170 g/mol. The van der Waals surface area contributed by atoms with Crippen molar-refractivity contribution < 1.29 is 4.79 Å². The van der Waals surface area contributed by atoms with E-state index in [9.17, 15) is 4.79 Å². The van der Waals surface area contributed by atoms with Crippen molar-refractivity contribution in [1.82, 2.24) is 10.6 Å². The normalized spacial score (nSPS) is 28.0. The van der Waals surface area contributed by atoms with Gasteiger partial charge in [0.15, 0.2) is 0 Å². The van der Waals surface area contributed by atoms with Crippen LogP contribution in [0.4, 0.5) is 4.79 Å². The maximum Gasteiger partial charge on any atom is 0.315 e. The van der Waals surface area contributed by atoms with Crippen molar-refractivity contribution >= 4 is 6.03 Å². The summed E-state index contributed by atoms with van der Waals surface area (Å²) in [7, 11) is 0. The zero-order valence-corrected chi connectivity index (χ0v) is 8.05. The number of hydrogen-bond donors (Lipinski definition) is 2. The van der Waals surface area contributed by atoms with Crippen molar-refractivity contribution in [2.75, 3.05) is 0 Å². The van der Waals surface area contributed by atoms with Gasteiger partial charge in [-0.3, -0.25) is 0 Å². The zero-order valence-electron chi connectivity index (χ0n) is 8.05. The second-order valence-electron chi connectivity index (χ2n) is 4.05. The van der Waals surface area contributed by atoms with Gasteiger partial charge in [-0.2, -0.15) is 0 Å². The van der Waals surface area contributed by atoms with Crippen LogP contribution in [0.1, 0.15) is 33.6 Å². The molecule has 3 heteroatoms. The molecule has 1 aliphatic carbocycles. The summed E-state index contributed by atoms with van der Waals surface area (Å²) in [6, 6.07) is 0.614. The Kier molecular flexibility index (Phi) is 2.95. The highest BCUT2D eigenvalue weighted by atomic mass is 16.2. The highest BCUT2D eigenvalue weighted by molar-refractivity contribution is 5.74. The third kappa shape index (κ3) is 2.72. The Bertz CT molecular complexity index is 162. The maximum absolute atomic E-state index is 11.1. The Morgan fingerprint density at radius 3 is 2.42 bits per heavy atom. The van der Waals surface area contributed by atoms with Crippen LogP contribution in [0, 0.1) is 5.92 Å². The minimum absolute atomic E-state index is 0.0260. The Balaban J connectivity index is 2.11. The van der Waals surface area contributed by atoms with E-state index in [2.05, 4.69) is 17.6 Å². The van der Waals surface area contributed by atoms with E-state index < -0.39 is 0 Å². The molecular formula is C9H18N2O. The zero-order chi connectivity index (χ0) is 9.14. The van der Waals surface area contributed by atoms with Crippen LogP contribution in [-0.2, 0) is 0 Å². The first kappa shape index (κ1) is 9.36. The topological polar surface area (TPSA) is 41.1 Å². The molecule has 1 fully saturated rings. The van der Waals surface area contributed by atoms with Gasteiger partial charge in [0.1, 0.15) is 0 Å². The molecule has 2 N–H and O–H groups in total. The SMILES string of the molecule is CC(C)NC(=O)N[C@H]1C[C@@H](C)C1. The van der Waals surface area contributed by atoms with E-state index in [0.29, 0.717) is 6.04 Å². The first-order valence-corrected chi connectivity index (χ1v) is 4.65. The molecule has 1 saturated carbocycles. The van der Waals surface area contributed by atoms with Crippen LogP contribution >= 0.6 is 0 Å². The third-order valence-corrected chi connectivity index (χ3v) is 2.13. The molecule has 0 saturated heterocycles. The number of carbonyl (C=O) groups is 1. The Morgan fingerprint density at radius 2 is 2.00 bits per heavy atom. The molecule has 0 bridgehead atoms. The highest BCUT2D eigenvalue weighted by Gasteiger charge is 2.26. The van der Waals surface area contributed by atoms with E-state index in [-0.39, 0.29) is 12.1 Å². The highest BCUT2D eigenvalue weighted by Crippen LogP contribution is 2.25.